The van der Waals surface area contributed by atoms with Crippen LogP contribution in [0.25, 0.3) is 0 Å². The number of rotatable bonds is 2. The molecule has 3 aliphatic rings. The van der Waals surface area contributed by atoms with Gasteiger partial charge in [-0.25, -0.2) is 4.68 Å². The average molecular weight is 290 g/mol. The number of aliphatic hydroxyl groups is 1. The van der Waals surface area contributed by atoms with Crippen LogP contribution in [0.3, 0.4) is 0 Å². The molecule has 4 unspecified atom stereocenters. The lowest BCUT2D eigenvalue weighted by atomic mass is 9.82. The molecule has 0 radical (unpaired) electrons. The van der Waals surface area contributed by atoms with E-state index < -0.39 is 11.6 Å². The van der Waals surface area contributed by atoms with Gasteiger partial charge in [0.15, 0.2) is 0 Å². The Kier molecular flexibility index (Phi) is 2.69. The van der Waals surface area contributed by atoms with Gasteiger partial charge < -0.3 is 5.11 Å². The summed E-state index contributed by atoms with van der Waals surface area (Å²) in [5.41, 5.74) is -0.318. The van der Waals surface area contributed by atoms with Gasteiger partial charge in [-0.3, -0.25) is 14.9 Å². The van der Waals surface area contributed by atoms with Gasteiger partial charge in [0.05, 0.1) is 6.20 Å². The Balaban J connectivity index is 1.59. The highest BCUT2D eigenvalue weighted by Crippen LogP contribution is 2.55. The SMILES string of the molecule is O=C1CCC(n2cc(C3(O)CC4CCC3C4)nn2)C(=O)N1. The number of imide groups is 1. The zero-order valence-corrected chi connectivity index (χ0v) is 11.7. The van der Waals surface area contributed by atoms with Crippen LogP contribution in [-0.2, 0) is 15.2 Å². The molecule has 7 heteroatoms. The third-order valence-corrected chi connectivity index (χ3v) is 5.30. The molecule has 1 aromatic heterocycles. The van der Waals surface area contributed by atoms with Crippen molar-refractivity contribution < 1.29 is 14.7 Å². The van der Waals surface area contributed by atoms with Gasteiger partial charge in [-0.15, -0.1) is 5.10 Å². The van der Waals surface area contributed by atoms with Crippen LogP contribution in [0.15, 0.2) is 6.20 Å². The van der Waals surface area contributed by atoms with Gasteiger partial charge in [0, 0.05) is 6.42 Å². The molecule has 2 N–H and O–H groups in total. The van der Waals surface area contributed by atoms with Gasteiger partial charge in [-0.2, -0.15) is 0 Å². The number of nitrogens with one attached hydrogen (secondary N) is 1. The highest BCUT2D eigenvalue weighted by atomic mass is 16.3. The van der Waals surface area contributed by atoms with Crippen LogP contribution >= 0.6 is 0 Å². The molecule has 1 aromatic rings. The molecule has 3 fully saturated rings. The van der Waals surface area contributed by atoms with Crippen molar-refractivity contribution in [2.45, 2.75) is 50.2 Å². The van der Waals surface area contributed by atoms with E-state index in [1.807, 2.05) is 0 Å². The maximum atomic E-state index is 11.9. The first-order valence-corrected chi connectivity index (χ1v) is 7.54. The predicted octanol–water partition coefficient (Wildman–Crippen LogP) is 0.263. The summed E-state index contributed by atoms with van der Waals surface area (Å²) < 4.78 is 1.49. The zero-order chi connectivity index (χ0) is 14.6. The third-order valence-electron chi connectivity index (χ3n) is 5.30. The second-order valence-corrected chi connectivity index (χ2v) is 6.56. The molecule has 0 spiro atoms. The molecule has 1 saturated heterocycles. The summed E-state index contributed by atoms with van der Waals surface area (Å²) in [5.74, 6) is 0.251. The molecule has 2 aliphatic carbocycles. The van der Waals surface area contributed by atoms with Crippen molar-refractivity contribution in [3.63, 3.8) is 0 Å². The third kappa shape index (κ3) is 1.91. The monoisotopic (exact) mass is 290 g/mol. The van der Waals surface area contributed by atoms with Gasteiger partial charge in [0.25, 0.3) is 5.91 Å². The Morgan fingerprint density at radius 3 is 2.86 bits per heavy atom. The summed E-state index contributed by atoms with van der Waals surface area (Å²) in [6.45, 7) is 0. The number of carbonyl (C=O) groups excluding carboxylic acids is 2. The van der Waals surface area contributed by atoms with E-state index in [1.54, 1.807) is 6.20 Å². The van der Waals surface area contributed by atoms with E-state index in [2.05, 4.69) is 15.6 Å². The molecule has 2 heterocycles. The number of fused-ring (bicyclic) bond motifs is 2. The van der Waals surface area contributed by atoms with Crippen LogP contribution < -0.4 is 5.32 Å². The van der Waals surface area contributed by atoms with Crippen LogP contribution in [0.1, 0.15) is 50.3 Å². The fourth-order valence-corrected chi connectivity index (χ4v) is 4.18. The Bertz CT molecular complexity index is 613. The van der Waals surface area contributed by atoms with Crippen molar-refractivity contribution in [2.24, 2.45) is 11.8 Å². The molecule has 0 aromatic carbocycles. The van der Waals surface area contributed by atoms with E-state index in [9.17, 15) is 14.7 Å². The largest absolute Gasteiger partial charge is 0.383 e. The Morgan fingerprint density at radius 1 is 1.33 bits per heavy atom. The first kappa shape index (κ1) is 12.9. The lowest BCUT2D eigenvalue weighted by molar-refractivity contribution is -0.136. The van der Waals surface area contributed by atoms with Crippen molar-refractivity contribution in [3.05, 3.63) is 11.9 Å². The maximum absolute atomic E-state index is 11.9. The molecule has 4 atom stereocenters. The molecule has 1 aliphatic heterocycles. The fraction of sp³-hybridized carbons (Fsp3) is 0.714. The summed E-state index contributed by atoms with van der Waals surface area (Å²) in [4.78, 5) is 23.0. The Morgan fingerprint density at radius 2 is 2.19 bits per heavy atom. The van der Waals surface area contributed by atoms with Gasteiger partial charge in [0.1, 0.15) is 17.3 Å². The number of amides is 2. The summed E-state index contributed by atoms with van der Waals surface area (Å²) in [7, 11) is 0. The predicted molar refractivity (Wildman–Crippen MR) is 70.8 cm³/mol. The van der Waals surface area contributed by atoms with Crippen molar-refractivity contribution in [2.75, 3.05) is 0 Å². The van der Waals surface area contributed by atoms with E-state index in [1.165, 1.54) is 11.1 Å². The number of carbonyl (C=O) groups is 2. The summed E-state index contributed by atoms with van der Waals surface area (Å²) in [6, 6.07) is -0.508. The normalized spacial score (nSPS) is 38.8. The van der Waals surface area contributed by atoms with Crippen LogP contribution in [-0.4, -0.2) is 31.9 Å². The van der Waals surface area contributed by atoms with E-state index in [0.717, 1.165) is 19.3 Å². The summed E-state index contributed by atoms with van der Waals surface area (Å²) >= 11 is 0. The quantitative estimate of drug-likeness (QED) is 0.762. The van der Waals surface area contributed by atoms with Gasteiger partial charge in [-0.1, -0.05) is 5.21 Å². The standard InChI is InChI=1S/C14H18N4O3/c19-12-4-3-10(13(20)15-12)18-7-11(16-17-18)14(21)6-8-1-2-9(14)5-8/h7-10,21H,1-6H2,(H,15,19,20). The first-order valence-electron chi connectivity index (χ1n) is 7.54. The lowest BCUT2D eigenvalue weighted by Gasteiger charge is -2.30. The minimum Gasteiger partial charge on any atom is -0.383 e. The van der Waals surface area contributed by atoms with E-state index in [-0.39, 0.29) is 17.7 Å². The van der Waals surface area contributed by atoms with Gasteiger partial charge >= 0.3 is 0 Å². The van der Waals surface area contributed by atoms with E-state index >= 15 is 0 Å². The smallest absolute Gasteiger partial charge is 0.251 e. The summed E-state index contributed by atoms with van der Waals surface area (Å²) in [5, 5.41) is 21.4. The van der Waals surface area contributed by atoms with Crippen LogP contribution in [0.2, 0.25) is 0 Å². The van der Waals surface area contributed by atoms with Crippen LogP contribution in [0, 0.1) is 11.8 Å². The minimum absolute atomic E-state index is 0.247. The topological polar surface area (TPSA) is 97.1 Å². The molecular weight excluding hydrogens is 272 g/mol. The second kappa shape index (κ2) is 4.37. The zero-order valence-electron chi connectivity index (χ0n) is 11.7. The number of nitrogens with zero attached hydrogens (tertiary/aromatic N) is 3. The van der Waals surface area contributed by atoms with Crippen molar-refractivity contribution in [1.82, 2.24) is 20.3 Å². The highest BCUT2D eigenvalue weighted by Gasteiger charge is 2.52. The molecule has 2 bridgehead atoms. The Labute approximate surface area is 121 Å². The van der Waals surface area contributed by atoms with E-state index in [4.69, 9.17) is 0 Å². The number of aromatic nitrogens is 3. The van der Waals surface area contributed by atoms with Crippen LogP contribution in [0.5, 0.6) is 0 Å². The van der Waals surface area contributed by atoms with Crippen molar-refractivity contribution in [1.29, 1.82) is 0 Å². The average Bonchev–Trinajstić information content (AvgIpc) is 3.12. The Hall–Kier alpha value is -1.76. The number of piperidine rings is 1. The van der Waals surface area contributed by atoms with Crippen molar-refractivity contribution in [3.8, 4) is 0 Å². The maximum Gasteiger partial charge on any atom is 0.251 e. The lowest BCUT2D eigenvalue weighted by Crippen LogP contribution is -2.42. The number of hydrogen-bond acceptors (Lipinski definition) is 5. The molecule has 4 rings (SSSR count). The molecular formula is C14H18N4O3. The van der Waals surface area contributed by atoms with Crippen LogP contribution in [0.4, 0.5) is 0 Å². The molecule has 2 saturated carbocycles. The first-order chi connectivity index (χ1) is 10.1. The highest BCUT2D eigenvalue weighted by molar-refractivity contribution is 5.99. The second-order valence-electron chi connectivity index (χ2n) is 6.56. The van der Waals surface area contributed by atoms with E-state index in [0.29, 0.717) is 24.5 Å². The fourth-order valence-electron chi connectivity index (χ4n) is 4.18. The summed E-state index contributed by atoms with van der Waals surface area (Å²) in [6.07, 6.45) is 6.44. The minimum atomic E-state index is -0.887. The molecule has 21 heavy (non-hydrogen) atoms. The van der Waals surface area contributed by atoms with Gasteiger partial charge in [-0.05, 0) is 43.9 Å². The molecule has 7 nitrogen and oxygen atoms in total. The molecule has 2 amide bonds. The van der Waals surface area contributed by atoms with Crippen molar-refractivity contribution >= 4 is 11.8 Å². The molecule has 112 valence electrons. The number of hydrogen-bond donors (Lipinski definition) is 2. The van der Waals surface area contributed by atoms with Gasteiger partial charge in [0.2, 0.25) is 5.91 Å².